The van der Waals surface area contributed by atoms with Gasteiger partial charge in [0.1, 0.15) is 11.2 Å². The van der Waals surface area contributed by atoms with E-state index in [-0.39, 0.29) is 17.3 Å². The second-order valence-corrected chi connectivity index (χ2v) is 21.1. The van der Waals surface area contributed by atoms with Crippen LogP contribution in [0.25, 0.3) is 76.2 Å². The summed E-state index contributed by atoms with van der Waals surface area (Å²) in [5, 5.41) is 12.0. The molecule has 0 aliphatic carbocycles. The highest BCUT2D eigenvalue weighted by atomic mass is 16.3. The molecule has 0 atom stereocenters. The second kappa shape index (κ2) is 16.0. The molecule has 0 spiro atoms. The van der Waals surface area contributed by atoms with Crippen molar-refractivity contribution in [3.05, 3.63) is 192 Å². The average molecular weight is 899 g/mol. The van der Waals surface area contributed by atoms with E-state index in [9.17, 15) is 0 Å². The normalized spacial score (nSPS) is 12.5. The zero-order valence-electron chi connectivity index (χ0n) is 41.1. The summed E-state index contributed by atoms with van der Waals surface area (Å²) in [4.78, 5) is 4.92. The van der Waals surface area contributed by atoms with Crippen LogP contribution in [0.15, 0.2) is 179 Å². The molecule has 0 fully saturated rings. The Kier molecular flexibility index (Phi) is 9.93. The van der Waals surface area contributed by atoms with E-state index in [1.54, 1.807) is 0 Å². The van der Waals surface area contributed by atoms with Crippen LogP contribution in [0, 0.1) is 0 Å². The van der Waals surface area contributed by atoms with E-state index in [1.165, 1.54) is 54.6 Å². The van der Waals surface area contributed by atoms with Crippen molar-refractivity contribution in [1.82, 2.24) is 0 Å². The van der Waals surface area contributed by atoms with E-state index in [0.717, 1.165) is 78.0 Å². The maximum atomic E-state index is 6.87. The predicted octanol–water partition coefficient (Wildman–Crippen LogP) is 20.0. The van der Waals surface area contributed by atoms with Crippen molar-refractivity contribution >= 4 is 110 Å². The molecule has 0 aliphatic rings. The summed E-state index contributed by atoms with van der Waals surface area (Å²) < 4.78 is 13.7. The van der Waals surface area contributed by atoms with E-state index in [2.05, 4.69) is 242 Å². The Labute approximate surface area is 404 Å². The Bertz CT molecular complexity index is 3920. The molecule has 2 heterocycles. The zero-order valence-corrected chi connectivity index (χ0v) is 41.1. The Balaban J connectivity index is 1.20. The van der Waals surface area contributed by atoms with Crippen molar-refractivity contribution in [1.29, 1.82) is 0 Å². The van der Waals surface area contributed by atoms with E-state index in [1.807, 2.05) is 0 Å². The molecule has 2 aromatic heterocycles. The SMILES string of the molecule is CC(C)c1ccc(N(c2cc(C(C)C)c3ccc4c(N(c5ccc(C(C)(C)C)cc5)c5cccc6c5oc5ccccc56)cc(C(C)C)c5ccc2c3c54)c2cccc3c2oc2ccccc23)cc1. The van der Waals surface area contributed by atoms with E-state index >= 15 is 0 Å². The van der Waals surface area contributed by atoms with Crippen molar-refractivity contribution in [2.24, 2.45) is 0 Å². The topological polar surface area (TPSA) is 32.8 Å². The Hall–Kier alpha value is -7.56. The molecule has 10 aromatic carbocycles. The number of nitrogens with zero attached hydrogens (tertiary/aromatic N) is 2. The fourth-order valence-electron chi connectivity index (χ4n) is 11.1. The molecule has 0 saturated heterocycles. The minimum atomic E-state index is 0.00598. The number of fused-ring (bicyclic) bond motifs is 6. The monoisotopic (exact) mass is 898 g/mol. The molecule has 12 rings (SSSR count). The highest BCUT2D eigenvalue weighted by Crippen LogP contribution is 2.53. The number of para-hydroxylation sites is 4. The van der Waals surface area contributed by atoms with Gasteiger partial charge in [-0.2, -0.15) is 0 Å². The molecule has 0 bridgehead atoms. The van der Waals surface area contributed by atoms with E-state index < -0.39 is 0 Å². The highest BCUT2D eigenvalue weighted by Gasteiger charge is 2.29. The van der Waals surface area contributed by atoms with Crippen LogP contribution >= 0.6 is 0 Å². The van der Waals surface area contributed by atoms with Crippen molar-refractivity contribution in [3.8, 4) is 0 Å². The minimum absolute atomic E-state index is 0.00598. The van der Waals surface area contributed by atoms with Gasteiger partial charge in [0, 0.05) is 43.7 Å². The number of hydrogen-bond donors (Lipinski definition) is 0. The van der Waals surface area contributed by atoms with E-state index in [0.29, 0.717) is 5.92 Å². The molecule has 0 amide bonds. The Morgan fingerprint density at radius 1 is 0.362 bits per heavy atom. The third kappa shape index (κ3) is 6.78. The van der Waals surface area contributed by atoms with Crippen LogP contribution in [0.3, 0.4) is 0 Å². The summed E-state index contributed by atoms with van der Waals surface area (Å²) in [7, 11) is 0. The summed E-state index contributed by atoms with van der Waals surface area (Å²) in [5.74, 6) is 0.895. The number of rotatable bonds is 9. The fourth-order valence-corrected chi connectivity index (χ4v) is 11.1. The van der Waals surface area contributed by atoms with Gasteiger partial charge in [-0.15, -0.1) is 0 Å². The first-order valence-electron chi connectivity index (χ1n) is 24.7. The third-order valence-corrected chi connectivity index (χ3v) is 14.7. The molecule has 0 aliphatic heterocycles. The average Bonchev–Trinajstić information content (AvgIpc) is 3.93. The minimum Gasteiger partial charge on any atom is -0.454 e. The first-order valence-corrected chi connectivity index (χ1v) is 24.7. The lowest BCUT2D eigenvalue weighted by molar-refractivity contribution is 0.590. The highest BCUT2D eigenvalue weighted by molar-refractivity contribution is 6.30. The lowest BCUT2D eigenvalue weighted by Crippen LogP contribution is -2.14. The number of hydrogen-bond acceptors (Lipinski definition) is 4. The fraction of sp³-hybridized carbons (Fsp3) is 0.200. The van der Waals surface area contributed by atoms with Crippen molar-refractivity contribution in [2.45, 2.75) is 85.5 Å². The Morgan fingerprint density at radius 2 is 0.768 bits per heavy atom. The molecule has 4 nitrogen and oxygen atoms in total. The lowest BCUT2D eigenvalue weighted by atomic mass is 9.84. The summed E-state index contributed by atoms with van der Waals surface area (Å²) in [6, 6.07) is 62.8. The Morgan fingerprint density at radius 3 is 1.19 bits per heavy atom. The number of benzene rings is 10. The van der Waals surface area contributed by atoms with Crippen LogP contribution in [0.2, 0.25) is 0 Å². The number of anilines is 6. The first kappa shape index (κ1) is 42.8. The quantitative estimate of drug-likeness (QED) is 0.135. The summed E-state index contributed by atoms with van der Waals surface area (Å²) >= 11 is 0. The van der Waals surface area contributed by atoms with Gasteiger partial charge in [-0.3, -0.25) is 0 Å². The van der Waals surface area contributed by atoms with Gasteiger partial charge >= 0.3 is 0 Å². The van der Waals surface area contributed by atoms with Crippen LogP contribution in [-0.4, -0.2) is 0 Å². The summed E-state index contributed by atoms with van der Waals surface area (Å²) in [6.45, 7) is 20.7. The molecule has 0 unspecified atom stereocenters. The lowest BCUT2D eigenvalue weighted by Gasteiger charge is -2.32. The number of furan rings is 2. The maximum absolute atomic E-state index is 6.87. The molecule has 4 heteroatoms. The standard InChI is InChI=1S/C65H58N2O2/c1-38(2)41-24-28-43(29-25-41)66(55-20-14-18-49-45-16-10-12-22-59(45)68-63(49)55)57-36-53(39(3)4)47-33-35-52-58(37-54(40(5)6)48-32-34-51(57)61(47)62(48)52)67(44-30-26-42(27-31-44)65(7,8)9)56-21-15-19-50-46-17-11-13-23-60(46)69-64(50)56/h10-40H,1-9H3. The van der Waals surface area contributed by atoms with Gasteiger partial charge < -0.3 is 18.6 Å². The summed E-state index contributed by atoms with van der Waals surface area (Å²) in [6.07, 6.45) is 0. The van der Waals surface area contributed by atoms with Crippen molar-refractivity contribution in [2.75, 3.05) is 9.80 Å². The van der Waals surface area contributed by atoms with Gasteiger partial charge in [0.15, 0.2) is 11.2 Å². The molecule has 69 heavy (non-hydrogen) atoms. The van der Waals surface area contributed by atoms with E-state index in [4.69, 9.17) is 8.83 Å². The van der Waals surface area contributed by atoms with Crippen LogP contribution in [0.1, 0.15) is 102 Å². The maximum Gasteiger partial charge on any atom is 0.159 e. The van der Waals surface area contributed by atoms with Gasteiger partial charge in [0.05, 0.1) is 22.7 Å². The van der Waals surface area contributed by atoms with Gasteiger partial charge in [0.2, 0.25) is 0 Å². The molecular formula is C65H58N2O2. The molecular weight excluding hydrogens is 841 g/mol. The molecule has 0 N–H and O–H groups in total. The predicted molar refractivity (Wildman–Crippen MR) is 295 cm³/mol. The van der Waals surface area contributed by atoms with Crippen LogP contribution in [-0.2, 0) is 5.41 Å². The van der Waals surface area contributed by atoms with Gasteiger partial charge in [-0.25, -0.2) is 0 Å². The molecule has 0 saturated carbocycles. The van der Waals surface area contributed by atoms with Crippen LogP contribution < -0.4 is 9.80 Å². The van der Waals surface area contributed by atoms with Gasteiger partial charge in [0.25, 0.3) is 0 Å². The smallest absolute Gasteiger partial charge is 0.159 e. The van der Waals surface area contributed by atoms with Crippen molar-refractivity contribution in [3.63, 3.8) is 0 Å². The third-order valence-electron chi connectivity index (χ3n) is 14.7. The largest absolute Gasteiger partial charge is 0.454 e. The van der Waals surface area contributed by atoms with Crippen molar-refractivity contribution < 1.29 is 8.83 Å². The molecule has 340 valence electrons. The first-order chi connectivity index (χ1) is 33.4. The van der Waals surface area contributed by atoms with Gasteiger partial charge in [-0.05, 0) is 128 Å². The zero-order chi connectivity index (χ0) is 47.5. The van der Waals surface area contributed by atoms with Gasteiger partial charge in [-0.1, -0.05) is 172 Å². The molecule has 12 aromatic rings. The second-order valence-electron chi connectivity index (χ2n) is 21.1. The molecule has 0 radical (unpaired) electrons. The van der Waals surface area contributed by atoms with Crippen LogP contribution in [0.4, 0.5) is 34.1 Å². The van der Waals surface area contributed by atoms with Crippen LogP contribution in [0.5, 0.6) is 0 Å². The summed E-state index contributed by atoms with van der Waals surface area (Å²) in [5.41, 5.74) is 15.2.